The number of hydrogen-bond donors (Lipinski definition) is 2. The van der Waals surface area contributed by atoms with E-state index in [9.17, 15) is 14.0 Å². The summed E-state index contributed by atoms with van der Waals surface area (Å²) in [5.41, 5.74) is 0.430. The van der Waals surface area contributed by atoms with Crippen LogP contribution in [0, 0.1) is 5.82 Å². The van der Waals surface area contributed by atoms with Crippen LogP contribution in [0.25, 0.3) is 0 Å². The van der Waals surface area contributed by atoms with E-state index in [0.29, 0.717) is 18.7 Å². The van der Waals surface area contributed by atoms with Gasteiger partial charge in [-0.2, -0.15) is 0 Å². The maximum Gasteiger partial charge on any atom is 0.220 e. The summed E-state index contributed by atoms with van der Waals surface area (Å²) in [6.45, 7) is 1.23. The molecular formula is C13H17FN2O2. The van der Waals surface area contributed by atoms with Gasteiger partial charge in [0.1, 0.15) is 5.82 Å². The molecular weight excluding hydrogens is 235 g/mol. The lowest BCUT2D eigenvalue weighted by Gasteiger charge is -2.04. The van der Waals surface area contributed by atoms with Crippen LogP contribution in [0.1, 0.15) is 23.2 Å². The number of carbonyl (C=O) groups excluding carboxylic acids is 2. The van der Waals surface area contributed by atoms with Crippen molar-refractivity contribution in [2.75, 3.05) is 20.1 Å². The summed E-state index contributed by atoms with van der Waals surface area (Å²) in [4.78, 5) is 23.0. The first kappa shape index (κ1) is 14.3. The number of rotatable bonds is 7. The van der Waals surface area contributed by atoms with Crippen LogP contribution in [0.4, 0.5) is 4.39 Å². The van der Waals surface area contributed by atoms with Gasteiger partial charge in [-0.3, -0.25) is 9.59 Å². The summed E-state index contributed by atoms with van der Waals surface area (Å²) in [5, 5.41) is 5.59. The van der Waals surface area contributed by atoms with Crippen molar-refractivity contribution < 1.29 is 14.0 Å². The van der Waals surface area contributed by atoms with Gasteiger partial charge in [-0.1, -0.05) is 0 Å². The van der Waals surface area contributed by atoms with Gasteiger partial charge in [0.25, 0.3) is 0 Å². The predicted octanol–water partition coefficient (Wildman–Crippen LogP) is 1.12. The maximum absolute atomic E-state index is 12.7. The van der Waals surface area contributed by atoms with E-state index in [-0.39, 0.29) is 30.3 Å². The topological polar surface area (TPSA) is 58.2 Å². The molecule has 0 aliphatic carbocycles. The normalized spacial score (nSPS) is 10.1. The van der Waals surface area contributed by atoms with Gasteiger partial charge in [0.05, 0.1) is 0 Å². The van der Waals surface area contributed by atoms with Crippen molar-refractivity contribution in [3.05, 3.63) is 35.6 Å². The van der Waals surface area contributed by atoms with Gasteiger partial charge in [-0.15, -0.1) is 0 Å². The molecule has 0 fully saturated rings. The Morgan fingerprint density at radius 1 is 1.11 bits per heavy atom. The lowest BCUT2D eigenvalue weighted by Crippen LogP contribution is -2.30. The molecule has 0 bridgehead atoms. The van der Waals surface area contributed by atoms with Crippen LogP contribution in [-0.4, -0.2) is 31.8 Å². The first-order chi connectivity index (χ1) is 8.63. The van der Waals surface area contributed by atoms with Crippen molar-refractivity contribution in [3.63, 3.8) is 0 Å². The van der Waals surface area contributed by atoms with Gasteiger partial charge >= 0.3 is 0 Å². The van der Waals surface area contributed by atoms with Crippen molar-refractivity contribution in [2.24, 2.45) is 0 Å². The summed E-state index contributed by atoms with van der Waals surface area (Å²) in [6.07, 6.45) is 0.289. The number of halogens is 1. The van der Waals surface area contributed by atoms with E-state index in [1.54, 1.807) is 7.05 Å². The van der Waals surface area contributed by atoms with Gasteiger partial charge in [-0.05, 0) is 31.3 Å². The molecule has 0 heterocycles. The minimum absolute atomic E-state index is 0.136. The molecule has 0 unspecified atom stereocenters. The first-order valence-electron chi connectivity index (χ1n) is 5.83. The molecule has 0 saturated carbocycles. The minimum atomic E-state index is -0.378. The summed E-state index contributed by atoms with van der Waals surface area (Å²) in [5.74, 6) is -0.684. The second-order valence-corrected chi connectivity index (χ2v) is 3.88. The number of ketones is 1. The molecule has 0 saturated heterocycles. The van der Waals surface area contributed by atoms with Crippen molar-refractivity contribution >= 4 is 11.7 Å². The van der Waals surface area contributed by atoms with Gasteiger partial charge in [-0.25, -0.2) is 4.39 Å². The zero-order chi connectivity index (χ0) is 13.4. The van der Waals surface area contributed by atoms with E-state index >= 15 is 0 Å². The second kappa shape index (κ2) is 7.55. The smallest absolute Gasteiger partial charge is 0.220 e. The highest BCUT2D eigenvalue weighted by atomic mass is 19.1. The van der Waals surface area contributed by atoms with Gasteiger partial charge in [0.2, 0.25) is 5.91 Å². The zero-order valence-corrected chi connectivity index (χ0v) is 10.3. The molecule has 98 valence electrons. The van der Waals surface area contributed by atoms with E-state index in [1.165, 1.54) is 24.3 Å². The molecule has 0 spiro atoms. The Hall–Kier alpha value is -1.75. The summed E-state index contributed by atoms with van der Waals surface area (Å²) in [6, 6.07) is 5.33. The summed E-state index contributed by atoms with van der Waals surface area (Å²) < 4.78 is 12.7. The van der Waals surface area contributed by atoms with Crippen molar-refractivity contribution in [3.8, 4) is 0 Å². The fraction of sp³-hybridized carbons (Fsp3) is 0.385. The number of nitrogens with one attached hydrogen (secondary N) is 2. The lowest BCUT2D eigenvalue weighted by atomic mass is 10.1. The highest BCUT2D eigenvalue weighted by Crippen LogP contribution is 2.07. The molecule has 5 heteroatoms. The van der Waals surface area contributed by atoms with E-state index in [0.717, 1.165) is 0 Å². The second-order valence-electron chi connectivity index (χ2n) is 3.88. The summed E-state index contributed by atoms with van der Waals surface area (Å²) >= 11 is 0. The maximum atomic E-state index is 12.7. The lowest BCUT2D eigenvalue weighted by molar-refractivity contribution is -0.121. The number of hydrogen-bond acceptors (Lipinski definition) is 3. The van der Waals surface area contributed by atoms with Crippen LogP contribution in [0.2, 0.25) is 0 Å². The monoisotopic (exact) mass is 252 g/mol. The standard InChI is InChI=1S/C13H17FN2O2/c1-15-8-9-16-13(18)7-6-12(17)10-2-4-11(14)5-3-10/h2-5,15H,6-9H2,1H3,(H,16,18). The molecule has 0 atom stereocenters. The average Bonchev–Trinajstić information content (AvgIpc) is 2.37. The van der Waals surface area contributed by atoms with E-state index in [2.05, 4.69) is 10.6 Å². The molecule has 0 radical (unpaired) electrons. The number of Topliss-reactive ketones (excluding diaryl/α,β-unsaturated/α-hetero) is 1. The Labute approximate surface area is 106 Å². The van der Waals surface area contributed by atoms with Crippen LogP contribution >= 0.6 is 0 Å². The van der Waals surface area contributed by atoms with Crippen LogP contribution in [0.3, 0.4) is 0 Å². The largest absolute Gasteiger partial charge is 0.355 e. The number of carbonyl (C=O) groups is 2. The van der Waals surface area contributed by atoms with Crippen LogP contribution < -0.4 is 10.6 Å². The van der Waals surface area contributed by atoms with Crippen molar-refractivity contribution in [2.45, 2.75) is 12.8 Å². The average molecular weight is 252 g/mol. The van der Waals surface area contributed by atoms with Gasteiger partial charge in [0, 0.05) is 31.5 Å². The van der Waals surface area contributed by atoms with Gasteiger partial charge < -0.3 is 10.6 Å². The zero-order valence-electron chi connectivity index (χ0n) is 10.3. The van der Waals surface area contributed by atoms with E-state index < -0.39 is 0 Å². The minimum Gasteiger partial charge on any atom is -0.355 e. The molecule has 0 aliphatic heterocycles. The Balaban J connectivity index is 2.32. The molecule has 0 aromatic heterocycles. The summed E-state index contributed by atoms with van der Waals surface area (Å²) in [7, 11) is 1.80. The molecule has 0 aliphatic rings. The molecule has 4 nitrogen and oxygen atoms in total. The third-order valence-electron chi connectivity index (χ3n) is 2.44. The molecule has 1 aromatic carbocycles. The third kappa shape index (κ3) is 5.05. The fourth-order valence-corrected chi connectivity index (χ4v) is 1.42. The molecule has 18 heavy (non-hydrogen) atoms. The van der Waals surface area contributed by atoms with Crippen LogP contribution in [-0.2, 0) is 4.79 Å². The predicted molar refractivity (Wildman–Crippen MR) is 66.9 cm³/mol. The number of benzene rings is 1. The van der Waals surface area contributed by atoms with Gasteiger partial charge in [0.15, 0.2) is 5.78 Å². The van der Waals surface area contributed by atoms with Crippen molar-refractivity contribution in [1.82, 2.24) is 10.6 Å². The molecule has 1 rings (SSSR count). The highest BCUT2D eigenvalue weighted by molar-refractivity contribution is 5.97. The molecule has 2 N–H and O–H groups in total. The first-order valence-corrected chi connectivity index (χ1v) is 5.83. The van der Waals surface area contributed by atoms with Crippen LogP contribution in [0.15, 0.2) is 24.3 Å². The Bertz CT molecular complexity index is 404. The molecule has 1 aromatic rings. The van der Waals surface area contributed by atoms with E-state index in [1.807, 2.05) is 0 Å². The van der Waals surface area contributed by atoms with Crippen LogP contribution in [0.5, 0.6) is 0 Å². The Morgan fingerprint density at radius 2 is 1.78 bits per heavy atom. The third-order valence-corrected chi connectivity index (χ3v) is 2.44. The van der Waals surface area contributed by atoms with E-state index in [4.69, 9.17) is 0 Å². The van der Waals surface area contributed by atoms with Crippen molar-refractivity contribution in [1.29, 1.82) is 0 Å². The quantitative estimate of drug-likeness (QED) is 0.565. The SMILES string of the molecule is CNCCNC(=O)CCC(=O)c1ccc(F)cc1. The number of amides is 1. The number of likely N-dealkylation sites (N-methyl/N-ethyl adjacent to an activating group) is 1. The highest BCUT2D eigenvalue weighted by Gasteiger charge is 2.08. The molecule has 1 amide bonds. The fourth-order valence-electron chi connectivity index (χ4n) is 1.42. The Morgan fingerprint density at radius 3 is 2.39 bits per heavy atom. The Kier molecular flexibility index (Phi) is 6.00.